The maximum absolute atomic E-state index is 5.69. The van der Waals surface area contributed by atoms with Crippen LogP contribution in [-0.4, -0.2) is 29.2 Å². The molecule has 1 aromatic rings. The largest absolute Gasteiger partial charge is 0.378 e. The van der Waals surface area contributed by atoms with Crippen molar-refractivity contribution in [3.63, 3.8) is 0 Å². The zero-order chi connectivity index (χ0) is 13.8. The minimum Gasteiger partial charge on any atom is -0.378 e. The number of ether oxygens (including phenoxy) is 1. The van der Waals surface area contributed by atoms with Gasteiger partial charge in [0, 0.05) is 36.5 Å². The predicted molar refractivity (Wildman–Crippen MR) is 78.7 cm³/mol. The second-order valence-corrected chi connectivity index (χ2v) is 5.88. The monoisotopic (exact) mass is 275 g/mol. The van der Waals surface area contributed by atoms with Crippen molar-refractivity contribution < 1.29 is 4.74 Å². The molecular formula is C16H25N3O. The van der Waals surface area contributed by atoms with E-state index in [1.807, 2.05) is 0 Å². The Labute approximate surface area is 121 Å². The molecule has 1 aliphatic heterocycles. The number of aryl methyl sites for hydroxylation is 1. The molecule has 1 saturated heterocycles. The van der Waals surface area contributed by atoms with E-state index in [0.29, 0.717) is 12.1 Å². The first-order chi connectivity index (χ1) is 9.86. The van der Waals surface area contributed by atoms with Gasteiger partial charge < -0.3 is 10.1 Å². The Balaban J connectivity index is 1.77. The van der Waals surface area contributed by atoms with Crippen molar-refractivity contribution >= 4 is 0 Å². The van der Waals surface area contributed by atoms with E-state index in [1.54, 1.807) is 0 Å². The Morgan fingerprint density at radius 3 is 3.05 bits per heavy atom. The zero-order valence-electron chi connectivity index (χ0n) is 12.4. The van der Waals surface area contributed by atoms with Gasteiger partial charge in [-0.15, -0.1) is 0 Å². The first kappa shape index (κ1) is 14.0. The van der Waals surface area contributed by atoms with Crippen LogP contribution in [0.4, 0.5) is 0 Å². The molecule has 0 bridgehead atoms. The average Bonchev–Trinajstić information content (AvgIpc) is 2.88. The molecule has 110 valence electrons. The fraction of sp³-hybridized carbons (Fsp3) is 0.750. The highest BCUT2D eigenvalue weighted by atomic mass is 16.5. The third-order valence-electron chi connectivity index (χ3n) is 4.37. The van der Waals surface area contributed by atoms with E-state index in [-0.39, 0.29) is 0 Å². The summed E-state index contributed by atoms with van der Waals surface area (Å²) in [6.45, 7) is 4.07. The van der Waals surface area contributed by atoms with Gasteiger partial charge in [0.25, 0.3) is 0 Å². The van der Waals surface area contributed by atoms with Gasteiger partial charge >= 0.3 is 0 Å². The van der Waals surface area contributed by atoms with Crippen LogP contribution in [0.5, 0.6) is 0 Å². The molecule has 0 spiro atoms. The van der Waals surface area contributed by atoms with Gasteiger partial charge in [0.2, 0.25) is 0 Å². The summed E-state index contributed by atoms with van der Waals surface area (Å²) in [7, 11) is 0. The molecule has 1 N–H and O–H groups in total. The summed E-state index contributed by atoms with van der Waals surface area (Å²) in [6, 6.07) is 0.439. The predicted octanol–water partition coefficient (Wildman–Crippen LogP) is 2.58. The number of hydrogen-bond acceptors (Lipinski definition) is 4. The number of aromatic nitrogens is 2. The van der Waals surface area contributed by atoms with E-state index in [0.717, 1.165) is 38.2 Å². The molecule has 1 aromatic heterocycles. The van der Waals surface area contributed by atoms with Crippen molar-refractivity contribution in [1.29, 1.82) is 0 Å². The van der Waals surface area contributed by atoms with E-state index in [1.165, 1.54) is 36.9 Å². The summed E-state index contributed by atoms with van der Waals surface area (Å²) < 4.78 is 5.69. The third kappa shape index (κ3) is 3.18. The molecule has 4 nitrogen and oxygen atoms in total. The Kier molecular flexibility index (Phi) is 4.63. The van der Waals surface area contributed by atoms with E-state index < -0.39 is 0 Å². The first-order valence-electron chi connectivity index (χ1n) is 8.06. The molecule has 0 radical (unpaired) electrons. The molecule has 0 saturated carbocycles. The van der Waals surface area contributed by atoms with Gasteiger partial charge in [-0.25, -0.2) is 9.97 Å². The maximum Gasteiger partial charge on any atom is 0.131 e. The highest BCUT2D eigenvalue weighted by Gasteiger charge is 2.22. The van der Waals surface area contributed by atoms with Gasteiger partial charge in [-0.05, 0) is 38.6 Å². The molecule has 3 rings (SSSR count). The smallest absolute Gasteiger partial charge is 0.131 e. The molecule has 0 aromatic carbocycles. The lowest BCUT2D eigenvalue weighted by atomic mass is 10.0. The second-order valence-electron chi connectivity index (χ2n) is 5.88. The maximum atomic E-state index is 5.69. The van der Waals surface area contributed by atoms with Crippen molar-refractivity contribution in [2.24, 2.45) is 0 Å². The van der Waals surface area contributed by atoms with Crippen LogP contribution in [-0.2, 0) is 17.6 Å². The van der Waals surface area contributed by atoms with Crippen molar-refractivity contribution in [2.75, 3.05) is 13.2 Å². The Morgan fingerprint density at radius 2 is 2.25 bits per heavy atom. The zero-order valence-corrected chi connectivity index (χ0v) is 12.4. The molecule has 2 atom stereocenters. The summed E-state index contributed by atoms with van der Waals surface area (Å²) in [6.07, 6.45) is 10.4. The SMILES string of the molecule is CCNC1CCCCc2nc(CC3CCCO3)ncc21. The number of hydrogen-bond donors (Lipinski definition) is 1. The minimum atomic E-state index is 0.336. The van der Waals surface area contributed by atoms with Gasteiger partial charge in [-0.2, -0.15) is 0 Å². The van der Waals surface area contributed by atoms with E-state index >= 15 is 0 Å². The standard InChI is InChI=1S/C16H25N3O/c1-2-17-14-7-3-4-8-15-13(14)11-18-16(19-15)10-12-6-5-9-20-12/h11-12,14,17H,2-10H2,1H3. The van der Waals surface area contributed by atoms with Gasteiger partial charge in [0.15, 0.2) is 0 Å². The van der Waals surface area contributed by atoms with Crippen LogP contribution in [0.25, 0.3) is 0 Å². The van der Waals surface area contributed by atoms with Crippen LogP contribution < -0.4 is 5.32 Å². The van der Waals surface area contributed by atoms with Gasteiger partial charge in [-0.1, -0.05) is 13.3 Å². The average molecular weight is 275 g/mol. The highest BCUT2D eigenvalue weighted by molar-refractivity contribution is 5.23. The minimum absolute atomic E-state index is 0.336. The number of fused-ring (bicyclic) bond motifs is 1. The van der Waals surface area contributed by atoms with Crippen LogP contribution in [0.2, 0.25) is 0 Å². The highest BCUT2D eigenvalue weighted by Crippen LogP contribution is 2.27. The number of rotatable bonds is 4. The van der Waals surface area contributed by atoms with Gasteiger partial charge in [0.05, 0.1) is 6.10 Å². The molecular weight excluding hydrogens is 250 g/mol. The molecule has 2 heterocycles. The van der Waals surface area contributed by atoms with E-state index in [9.17, 15) is 0 Å². The van der Waals surface area contributed by atoms with Crippen molar-refractivity contribution in [2.45, 2.75) is 64.0 Å². The Bertz CT molecular complexity index is 443. The summed E-state index contributed by atoms with van der Waals surface area (Å²) in [5, 5.41) is 3.57. The van der Waals surface area contributed by atoms with Crippen molar-refractivity contribution in [3.05, 3.63) is 23.3 Å². The summed E-state index contributed by atoms with van der Waals surface area (Å²) in [5.74, 6) is 0.966. The normalized spacial score (nSPS) is 26.2. The van der Waals surface area contributed by atoms with Crippen LogP contribution in [0.3, 0.4) is 0 Å². The van der Waals surface area contributed by atoms with E-state index in [2.05, 4.69) is 23.4 Å². The lowest BCUT2D eigenvalue weighted by Crippen LogP contribution is -2.22. The number of nitrogens with zero attached hydrogens (tertiary/aromatic N) is 2. The fourth-order valence-corrected chi connectivity index (χ4v) is 3.32. The molecule has 2 aliphatic rings. The van der Waals surface area contributed by atoms with Crippen LogP contribution in [0.15, 0.2) is 6.20 Å². The fourth-order valence-electron chi connectivity index (χ4n) is 3.32. The van der Waals surface area contributed by atoms with Crippen LogP contribution >= 0.6 is 0 Å². The van der Waals surface area contributed by atoms with Crippen LogP contribution in [0, 0.1) is 0 Å². The summed E-state index contributed by atoms with van der Waals surface area (Å²) >= 11 is 0. The Hall–Kier alpha value is -1.00. The molecule has 2 unspecified atom stereocenters. The van der Waals surface area contributed by atoms with Crippen molar-refractivity contribution in [1.82, 2.24) is 15.3 Å². The lowest BCUT2D eigenvalue weighted by Gasteiger charge is -2.18. The van der Waals surface area contributed by atoms with Crippen molar-refractivity contribution in [3.8, 4) is 0 Å². The quantitative estimate of drug-likeness (QED) is 0.858. The Morgan fingerprint density at radius 1 is 1.30 bits per heavy atom. The number of nitrogens with one attached hydrogen (secondary N) is 1. The molecule has 0 amide bonds. The first-order valence-corrected chi connectivity index (χ1v) is 8.06. The summed E-state index contributed by atoms with van der Waals surface area (Å²) in [4.78, 5) is 9.44. The molecule has 1 aliphatic carbocycles. The molecule has 1 fully saturated rings. The topological polar surface area (TPSA) is 47.0 Å². The third-order valence-corrected chi connectivity index (χ3v) is 4.37. The summed E-state index contributed by atoms with van der Waals surface area (Å²) in [5.41, 5.74) is 2.58. The lowest BCUT2D eigenvalue weighted by molar-refractivity contribution is 0.110. The van der Waals surface area contributed by atoms with Gasteiger partial charge in [0.1, 0.15) is 5.82 Å². The molecule has 20 heavy (non-hydrogen) atoms. The molecule has 4 heteroatoms. The second kappa shape index (κ2) is 6.64. The van der Waals surface area contributed by atoms with Crippen LogP contribution in [0.1, 0.15) is 62.2 Å². The van der Waals surface area contributed by atoms with E-state index in [4.69, 9.17) is 9.72 Å². The van der Waals surface area contributed by atoms with Gasteiger partial charge in [-0.3, -0.25) is 0 Å².